The SMILES string of the molecule is Cn1ncc(NC(=O)c2nc(-c3ccncc3F)sc2N)c1[C@@]12CC[C@@H](C1)[C@H](N)CC2. The minimum atomic E-state index is -0.511. The van der Waals surface area contributed by atoms with E-state index in [9.17, 15) is 9.18 Å². The molecule has 2 saturated carbocycles. The molecule has 2 aliphatic rings. The number of nitrogens with two attached hydrogens (primary N) is 2. The van der Waals surface area contributed by atoms with Crippen LogP contribution in [0.3, 0.4) is 0 Å². The third kappa shape index (κ3) is 3.30. The summed E-state index contributed by atoms with van der Waals surface area (Å²) in [5, 5.41) is 7.95. The maximum atomic E-state index is 14.1. The van der Waals surface area contributed by atoms with Crippen LogP contribution in [-0.4, -0.2) is 31.7 Å². The topological polar surface area (TPSA) is 125 Å². The molecule has 0 radical (unpaired) electrons. The normalized spacial score (nSPS) is 25.0. The molecule has 3 aromatic rings. The summed E-state index contributed by atoms with van der Waals surface area (Å²) >= 11 is 1.07. The largest absolute Gasteiger partial charge is 0.389 e. The van der Waals surface area contributed by atoms with Crippen LogP contribution in [-0.2, 0) is 12.5 Å². The Balaban J connectivity index is 1.44. The Morgan fingerprint density at radius 2 is 2.16 bits per heavy atom. The summed E-state index contributed by atoms with van der Waals surface area (Å²) in [5.74, 6) is -0.426. The predicted molar refractivity (Wildman–Crippen MR) is 117 cm³/mol. The van der Waals surface area contributed by atoms with E-state index in [1.807, 2.05) is 11.7 Å². The summed E-state index contributed by atoms with van der Waals surface area (Å²) in [7, 11) is 1.91. The van der Waals surface area contributed by atoms with Gasteiger partial charge in [0.05, 0.1) is 23.8 Å². The minimum absolute atomic E-state index is 0.0205. The molecule has 3 aromatic heterocycles. The Bertz CT molecular complexity index is 1160. The van der Waals surface area contributed by atoms with Gasteiger partial charge < -0.3 is 16.8 Å². The predicted octanol–water partition coefficient (Wildman–Crippen LogP) is 3.07. The molecule has 5 rings (SSSR count). The van der Waals surface area contributed by atoms with Crippen molar-refractivity contribution in [3.8, 4) is 10.6 Å². The van der Waals surface area contributed by atoms with E-state index < -0.39 is 11.7 Å². The van der Waals surface area contributed by atoms with Crippen LogP contribution in [0.25, 0.3) is 10.6 Å². The number of fused-ring (bicyclic) bond motifs is 2. The Morgan fingerprint density at radius 3 is 2.97 bits per heavy atom. The van der Waals surface area contributed by atoms with E-state index in [1.165, 1.54) is 12.3 Å². The standard InChI is InChI=1S/C21H24FN7OS/c1-29-17(21-5-2-11(8-21)14(23)3-6-21)15(10-26-29)27-19(30)16-18(24)31-20(28-16)12-4-7-25-9-13(12)22/h4,7,9-11,14H,2-3,5-6,8,23-24H2,1H3,(H,27,30)/t11-,14+,21+/m0/s1. The van der Waals surface area contributed by atoms with Crippen molar-refractivity contribution in [2.24, 2.45) is 18.7 Å². The van der Waals surface area contributed by atoms with E-state index in [-0.39, 0.29) is 27.7 Å². The zero-order valence-corrected chi connectivity index (χ0v) is 18.0. The number of nitrogens with one attached hydrogen (secondary N) is 1. The number of nitrogens with zero attached hydrogens (tertiary/aromatic N) is 4. The van der Waals surface area contributed by atoms with Crippen LogP contribution < -0.4 is 16.8 Å². The van der Waals surface area contributed by atoms with Gasteiger partial charge in [0.1, 0.15) is 10.0 Å². The number of carbonyl (C=O) groups is 1. The van der Waals surface area contributed by atoms with Gasteiger partial charge in [-0.1, -0.05) is 11.3 Å². The fraction of sp³-hybridized carbons (Fsp3) is 0.429. The van der Waals surface area contributed by atoms with Crippen LogP contribution >= 0.6 is 11.3 Å². The molecule has 0 unspecified atom stereocenters. The number of amides is 1. The highest BCUT2D eigenvalue weighted by Crippen LogP contribution is 2.54. The molecule has 0 saturated heterocycles. The van der Waals surface area contributed by atoms with E-state index in [4.69, 9.17) is 11.5 Å². The Labute approximate surface area is 182 Å². The average Bonchev–Trinajstić information content (AvgIpc) is 3.42. The van der Waals surface area contributed by atoms with Gasteiger partial charge in [-0.25, -0.2) is 9.37 Å². The molecule has 5 N–H and O–H groups in total. The molecule has 162 valence electrons. The van der Waals surface area contributed by atoms with Crippen LogP contribution in [0.15, 0.2) is 24.7 Å². The van der Waals surface area contributed by atoms with Gasteiger partial charge in [0.2, 0.25) is 0 Å². The first kappa shape index (κ1) is 20.1. The third-order valence-corrected chi connectivity index (χ3v) is 7.69. The summed E-state index contributed by atoms with van der Waals surface area (Å²) < 4.78 is 15.9. The summed E-state index contributed by atoms with van der Waals surface area (Å²) in [6.45, 7) is 0. The number of nitrogen functional groups attached to an aromatic ring is 1. The van der Waals surface area contributed by atoms with Gasteiger partial charge in [-0.15, -0.1) is 0 Å². The van der Waals surface area contributed by atoms with Crippen molar-refractivity contribution < 1.29 is 9.18 Å². The van der Waals surface area contributed by atoms with Crippen molar-refractivity contribution in [1.29, 1.82) is 0 Å². The minimum Gasteiger partial charge on any atom is -0.389 e. The van der Waals surface area contributed by atoms with Gasteiger partial charge in [-0.05, 0) is 44.1 Å². The zero-order chi connectivity index (χ0) is 21.8. The number of anilines is 2. The Morgan fingerprint density at radius 1 is 1.35 bits per heavy atom. The number of thiazole rings is 1. The van der Waals surface area contributed by atoms with Crippen LogP contribution in [0.5, 0.6) is 0 Å². The second kappa shape index (κ2) is 7.38. The lowest BCUT2D eigenvalue weighted by Crippen LogP contribution is -2.38. The average molecular weight is 442 g/mol. The highest BCUT2D eigenvalue weighted by atomic mass is 32.1. The molecule has 0 spiro atoms. The third-order valence-electron chi connectivity index (χ3n) is 6.77. The van der Waals surface area contributed by atoms with Crippen molar-refractivity contribution in [3.05, 3.63) is 41.9 Å². The summed E-state index contributed by atoms with van der Waals surface area (Å²) in [4.78, 5) is 21.1. The van der Waals surface area contributed by atoms with Crippen molar-refractivity contribution in [2.75, 3.05) is 11.1 Å². The summed E-state index contributed by atoms with van der Waals surface area (Å²) in [6.07, 6.45) is 9.37. The number of aromatic nitrogens is 4. The fourth-order valence-corrected chi connectivity index (χ4v) is 6.13. The number of pyridine rings is 1. The van der Waals surface area contributed by atoms with E-state index in [0.29, 0.717) is 16.6 Å². The first-order valence-electron chi connectivity index (χ1n) is 10.3. The van der Waals surface area contributed by atoms with Crippen molar-refractivity contribution >= 4 is 27.9 Å². The second-order valence-corrected chi connectivity index (χ2v) is 9.59. The van der Waals surface area contributed by atoms with E-state index >= 15 is 0 Å². The van der Waals surface area contributed by atoms with Gasteiger partial charge in [-0.3, -0.25) is 14.5 Å². The number of hydrogen-bond donors (Lipinski definition) is 3. The quantitative estimate of drug-likeness (QED) is 0.571. The molecule has 2 bridgehead atoms. The lowest BCUT2D eigenvalue weighted by atomic mass is 9.71. The van der Waals surface area contributed by atoms with Crippen molar-refractivity contribution in [3.63, 3.8) is 0 Å². The number of aryl methyl sites for hydroxylation is 1. The molecule has 3 heterocycles. The highest BCUT2D eigenvalue weighted by molar-refractivity contribution is 7.19. The van der Waals surface area contributed by atoms with E-state index in [0.717, 1.165) is 55.3 Å². The van der Waals surface area contributed by atoms with E-state index in [2.05, 4.69) is 20.4 Å². The second-order valence-electron chi connectivity index (χ2n) is 8.56. The molecule has 0 aromatic carbocycles. The Kier molecular flexibility index (Phi) is 4.78. The van der Waals surface area contributed by atoms with Gasteiger partial charge in [0, 0.05) is 30.3 Å². The molecule has 1 amide bonds. The first-order valence-corrected chi connectivity index (χ1v) is 11.2. The van der Waals surface area contributed by atoms with Crippen LogP contribution in [0.1, 0.15) is 48.3 Å². The fourth-order valence-electron chi connectivity index (χ4n) is 5.27. The van der Waals surface area contributed by atoms with Crippen LogP contribution in [0.2, 0.25) is 0 Å². The maximum Gasteiger partial charge on any atom is 0.277 e. The number of rotatable bonds is 4. The maximum absolute atomic E-state index is 14.1. The lowest BCUT2D eigenvalue weighted by Gasteiger charge is -2.36. The van der Waals surface area contributed by atoms with E-state index in [1.54, 1.807) is 6.20 Å². The molecule has 2 aliphatic carbocycles. The van der Waals surface area contributed by atoms with Gasteiger partial charge in [-0.2, -0.15) is 5.10 Å². The number of halogens is 1. The molecule has 31 heavy (non-hydrogen) atoms. The lowest BCUT2D eigenvalue weighted by molar-refractivity contribution is 0.102. The van der Waals surface area contributed by atoms with Crippen molar-refractivity contribution in [1.82, 2.24) is 19.7 Å². The van der Waals surface area contributed by atoms with Gasteiger partial charge in [0.15, 0.2) is 11.5 Å². The van der Waals surface area contributed by atoms with Crippen molar-refractivity contribution in [2.45, 2.75) is 43.6 Å². The summed E-state index contributed by atoms with van der Waals surface area (Å²) in [6, 6.07) is 1.77. The number of carbonyl (C=O) groups excluding carboxylic acids is 1. The molecule has 8 nitrogen and oxygen atoms in total. The monoisotopic (exact) mass is 441 g/mol. The molecule has 2 fully saturated rings. The van der Waals surface area contributed by atoms with Crippen LogP contribution in [0, 0.1) is 11.7 Å². The number of hydrogen-bond acceptors (Lipinski definition) is 7. The molecule has 3 atom stereocenters. The highest BCUT2D eigenvalue weighted by Gasteiger charge is 2.48. The Hall–Kier alpha value is -2.85. The smallest absolute Gasteiger partial charge is 0.277 e. The van der Waals surface area contributed by atoms with Crippen LogP contribution in [0.4, 0.5) is 15.1 Å². The molecular weight excluding hydrogens is 417 g/mol. The van der Waals surface area contributed by atoms with Gasteiger partial charge in [0.25, 0.3) is 5.91 Å². The summed E-state index contributed by atoms with van der Waals surface area (Å²) in [5.41, 5.74) is 14.4. The first-order chi connectivity index (χ1) is 14.9. The molecule has 10 heteroatoms. The molecule has 0 aliphatic heterocycles. The molecular formula is C21H24FN7OS. The van der Waals surface area contributed by atoms with Gasteiger partial charge >= 0.3 is 0 Å². The zero-order valence-electron chi connectivity index (χ0n) is 17.1.